The lowest BCUT2D eigenvalue weighted by Gasteiger charge is -2.31. The van der Waals surface area contributed by atoms with Crippen LogP contribution in [0.5, 0.6) is 0 Å². The van der Waals surface area contributed by atoms with Crippen molar-refractivity contribution in [2.75, 3.05) is 138 Å². The minimum absolute atomic E-state index is 0.374. The molecule has 36 heavy (non-hydrogen) atoms. The number of nitrogens with two attached hydrogens (primary N) is 5. The van der Waals surface area contributed by atoms with E-state index in [1.807, 2.05) is 13.8 Å². The second-order valence-electron chi connectivity index (χ2n) is 10.1. The number of rotatable bonds is 27. The lowest BCUT2D eigenvalue weighted by Crippen LogP contribution is -2.51. The van der Waals surface area contributed by atoms with Crippen molar-refractivity contribution in [1.29, 1.82) is 0 Å². The average molecular weight is 519 g/mol. The van der Waals surface area contributed by atoms with Gasteiger partial charge in [-0.15, -0.1) is 0 Å². The molecule has 0 spiro atoms. The van der Waals surface area contributed by atoms with E-state index < -0.39 is 0 Å². The van der Waals surface area contributed by atoms with Crippen molar-refractivity contribution < 1.29 is 0 Å². The highest BCUT2D eigenvalue weighted by Gasteiger charge is 2.14. The summed E-state index contributed by atoms with van der Waals surface area (Å²) in [6.45, 7) is 21.9. The Kier molecular flexibility index (Phi) is 23.3. The predicted octanol–water partition coefficient (Wildman–Crippen LogP) is -3.88. The number of nitrogens with zero attached hydrogens (tertiary/aromatic N) is 4. The van der Waals surface area contributed by atoms with E-state index in [2.05, 4.69) is 42.6 Å². The molecule has 0 saturated heterocycles. The molecule has 0 heterocycles. The van der Waals surface area contributed by atoms with Crippen LogP contribution in [0, 0.1) is 0 Å². The molecule has 0 radical (unpaired) electrons. The van der Waals surface area contributed by atoms with Gasteiger partial charge in [0.2, 0.25) is 0 Å². The maximum atomic E-state index is 6.13. The Bertz CT molecular complexity index is 457. The first kappa shape index (κ1) is 35.5. The smallest absolute Gasteiger partial charge is 0.0604 e. The normalized spacial score (nSPS) is 12.7. The third-order valence-corrected chi connectivity index (χ3v) is 6.08. The van der Waals surface area contributed by atoms with E-state index in [0.717, 1.165) is 105 Å². The Morgan fingerprint density at radius 3 is 1.39 bits per heavy atom. The van der Waals surface area contributed by atoms with Crippen LogP contribution in [0.3, 0.4) is 0 Å². The van der Waals surface area contributed by atoms with Gasteiger partial charge in [-0.1, -0.05) is 0 Å². The summed E-state index contributed by atoms with van der Waals surface area (Å²) in [5, 5.41) is 10.4. The van der Waals surface area contributed by atoms with E-state index in [9.17, 15) is 0 Å². The fourth-order valence-electron chi connectivity index (χ4n) is 3.90. The first-order chi connectivity index (χ1) is 17.3. The molecule has 0 aliphatic rings. The van der Waals surface area contributed by atoms with Crippen LogP contribution in [0.15, 0.2) is 0 Å². The molecule has 0 rings (SSSR count). The summed E-state index contributed by atoms with van der Waals surface area (Å²) >= 11 is 0. The molecule has 13 N–H and O–H groups in total. The van der Waals surface area contributed by atoms with Crippen LogP contribution in [-0.2, 0) is 0 Å². The summed E-state index contributed by atoms with van der Waals surface area (Å²) in [4.78, 5) is 9.67. The van der Waals surface area contributed by atoms with Gasteiger partial charge in [0.1, 0.15) is 0 Å². The zero-order chi connectivity index (χ0) is 27.1. The van der Waals surface area contributed by atoms with E-state index in [4.69, 9.17) is 28.7 Å². The quantitative estimate of drug-likeness (QED) is 0.0392. The Morgan fingerprint density at radius 2 is 0.917 bits per heavy atom. The lowest BCUT2D eigenvalue weighted by atomic mass is 10.2. The zero-order valence-corrected chi connectivity index (χ0v) is 23.8. The Morgan fingerprint density at radius 1 is 0.500 bits per heavy atom. The van der Waals surface area contributed by atoms with E-state index in [0.29, 0.717) is 26.2 Å². The standard InChI is InChI=1S/C24H62N12/c1-24(2,29)32-12-19-36(22-20-34(14-6-27)15-7-28)23-21-35(17-10-30-8-4-25)18-11-31-9-16-33(3)13-5-26/h30-32H,4-23,25-29H2,1-3H3. The number of hydrogen-bond donors (Lipinski definition) is 8. The van der Waals surface area contributed by atoms with E-state index in [1.54, 1.807) is 0 Å². The lowest BCUT2D eigenvalue weighted by molar-refractivity contribution is 0.175. The van der Waals surface area contributed by atoms with Gasteiger partial charge in [0.25, 0.3) is 0 Å². The number of likely N-dealkylation sites (N-methyl/N-ethyl adjacent to an activating group) is 1. The highest BCUT2D eigenvalue weighted by atomic mass is 15.2. The zero-order valence-electron chi connectivity index (χ0n) is 23.8. The number of hydrogen-bond acceptors (Lipinski definition) is 12. The molecule has 0 aromatic heterocycles. The van der Waals surface area contributed by atoms with Gasteiger partial charge in [-0.25, -0.2) is 0 Å². The van der Waals surface area contributed by atoms with Crippen molar-refractivity contribution in [3.05, 3.63) is 0 Å². The van der Waals surface area contributed by atoms with Crippen molar-refractivity contribution in [2.45, 2.75) is 19.5 Å². The molecule has 12 nitrogen and oxygen atoms in total. The Hall–Kier alpha value is -0.480. The summed E-state index contributed by atoms with van der Waals surface area (Å²) < 4.78 is 0. The molecular weight excluding hydrogens is 456 g/mol. The summed E-state index contributed by atoms with van der Waals surface area (Å²) in [7, 11) is 2.11. The molecule has 0 fully saturated rings. The maximum absolute atomic E-state index is 6.13. The molecule has 0 aromatic rings. The van der Waals surface area contributed by atoms with Gasteiger partial charge in [-0.05, 0) is 20.9 Å². The van der Waals surface area contributed by atoms with E-state index in [-0.39, 0.29) is 5.66 Å². The molecule has 0 atom stereocenters. The van der Waals surface area contributed by atoms with Crippen molar-refractivity contribution >= 4 is 0 Å². The summed E-state index contributed by atoms with van der Waals surface area (Å²) in [6, 6.07) is 0. The van der Waals surface area contributed by atoms with Crippen molar-refractivity contribution in [3.63, 3.8) is 0 Å². The third-order valence-electron chi connectivity index (χ3n) is 6.08. The molecule has 0 unspecified atom stereocenters. The van der Waals surface area contributed by atoms with Gasteiger partial charge >= 0.3 is 0 Å². The van der Waals surface area contributed by atoms with Gasteiger partial charge in [0, 0.05) is 131 Å². The van der Waals surface area contributed by atoms with Gasteiger partial charge < -0.3 is 44.2 Å². The minimum atomic E-state index is -0.374. The second-order valence-corrected chi connectivity index (χ2v) is 10.1. The van der Waals surface area contributed by atoms with E-state index >= 15 is 0 Å². The SMILES string of the molecule is CN(CCN)CCNCCN(CCNCCN)CCN(CCNC(C)(C)N)CCN(CCN)CCN. The first-order valence-electron chi connectivity index (χ1n) is 13.9. The highest BCUT2D eigenvalue weighted by Crippen LogP contribution is 1.97. The van der Waals surface area contributed by atoms with Crippen molar-refractivity contribution in [3.8, 4) is 0 Å². The maximum Gasteiger partial charge on any atom is 0.0604 e. The largest absolute Gasteiger partial charge is 0.329 e. The minimum Gasteiger partial charge on any atom is -0.329 e. The third kappa shape index (κ3) is 22.7. The summed E-state index contributed by atoms with van der Waals surface area (Å²) in [6.07, 6.45) is 0. The molecule has 0 aromatic carbocycles. The van der Waals surface area contributed by atoms with Gasteiger partial charge in [-0.2, -0.15) is 0 Å². The Labute approximate surface area is 222 Å². The molecule has 0 aliphatic carbocycles. The van der Waals surface area contributed by atoms with Crippen LogP contribution in [0.2, 0.25) is 0 Å². The van der Waals surface area contributed by atoms with Gasteiger partial charge in [0.05, 0.1) is 5.66 Å². The monoisotopic (exact) mass is 519 g/mol. The van der Waals surface area contributed by atoms with Crippen LogP contribution in [0.4, 0.5) is 0 Å². The first-order valence-corrected chi connectivity index (χ1v) is 13.9. The molecule has 12 heteroatoms. The van der Waals surface area contributed by atoms with Gasteiger partial charge in [-0.3, -0.25) is 20.0 Å². The predicted molar refractivity (Wildman–Crippen MR) is 155 cm³/mol. The topological polar surface area (TPSA) is 179 Å². The van der Waals surface area contributed by atoms with Crippen molar-refractivity contribution in [2.24, 2.45) is 28.7 Å². The summed E-state index contributed by atoms with van der Waals surface area (Å²) in [5.41, 5.74) is 28.6. The van der Waals surface area contributed by atoms with E-state index in [1.165, 1.54) is 0 Å². The molecule has 0 aliphatic heterocycles. The molecular formula is C24H62N12. The fraction of sp³-hybridized carbons (Fsp3) is 1.00. The molecule has 0 amide bonds. The molecule has 0 bridgehead atoms. The van der Waals surface area contributed by atoms with Gasteiger partial charge in [0.15, 0.2) is 0 Å². The van der Waals surface area contributed by atoms with Crippen LogP contribution in [-0.4, -0.2) is 163 Å². The number of nitrogens with one attached hydrogen (secondary N) is 3. The van der Waals surface area contributed by atoms with Crippen LogP contribution < -0.4 is 44.6 Å². The fourth-order valence-corrected chi connectivity index (χ4v) is 3.90. The van der Waals surface area contributed by atoms with Crippen molar-refractivity contribution in [1.82, 2.24) is 35.6 Å². The second kappa shape index (κ2) is 23.6. The highest BCUT2D eigenvalue weighted by molar-refractivity contribution is 4.73. The van der Waals surface area contributed by atoms with Crippen LogP contribution in [0.1, 0.15) is 13.8 Å². The van der Waals surface area contributed by atoms with Crippen LogP contribution >= 0.6 is 0 Å². The molecule has 218 valence electrons. The Balaban J connectivity index is 4.80. The average Bonchev–Trinajstić information content (AvgIpc) is 2.81. The summed E-state index contributed by atoms with van der Waals surface area (Å²) in [5.74, 6) is 0. The molecule has 0 saturated carbocycles. The van der Waals surface area contributed by atoms with Crippen LogP contribution in [0.25, 0.3) is 0 Å².